The van der Waals surface area contributed by atoms with Crippen LogP contribution in [0.4, 0.5) is 0 Å². The second kappa shape index (κ2) is 5.04. The predicted molar refractivity (Wildman–Crippen MR) is 66.0 cm³/mol. The van der Waals surface area contributed by atoms with Gasteiger partial charge in [-0.3, -0.25) is 4.79 Å². The van der Waals surface area contributed by atoms with E-state index in [-0.39, 0.29) is 0 Å². The zero-order valence-corrected chi connectivity index (χ0v) is 9.80. The second-order valence-corrected chi connectivity index (χ2v) is 4.41. The Balaban J connectivity index is 2.42. The first-order valence-electron chi connectivity index (χ1n) is 5.83. The first-order valence-corrected chi connectivity index (χ1v) is 5.83. The van der Waals surface area contributed by atoms with Crippen molar-refractivity contribution in [2.45, 2.75) is 19.3 Å². The van der Waals surface area contributed by atoms with Crippen LogP contribution in [0.1, 0.15) is 24.8 Å². The Hall–Kier alpha value is -2.10. The van der Waals surface area contributed by atoms with Crippen molar-refractivity contribution in [1.82, 2.24) is 0 Å². The number of carboxylic acids is 2. The van der Waals surface area contributed by atoms with E-state index in [1.54, 1.807) is 0 Å². The van der Waals surface area contributed by atoms with Crippen molar-refractivity contribution in [3.8, 4) is 0 Å². The molecule has 0 aliphatic heterocycles. The highest BCUT2D eigenvalue weighted by Crippen LogP contribution is 2.35. The molecule has 0 aromatic heterocycles. The fourth-order valence-corrected chi connectivity index (χ4v) is 2.32. The minimum absolute atomic E-state index is 0.293. The lowest BCUT2D eigenvalue weighted by Gasteiger charge is -2.23. The Morgan fingerprint density at radius 1 is 1.11 bits per heavy atom. The zero-order valence-electron chi connectivity index (χ0n) is 9.80. The molecule has 0 saturated carbocycles. The average Bonchev–Trinajstić information content (AvgIpc) is 2.39. The van der Waals surface area contributed by atoms with Gasteiger partial charge in [0.2, 0.25) is 0 Å². The number of allylic oxidation sites excluding steroid dienone is 1. The van der Waals surface area contributed by atoms with Crippen LogP contribution in [0.25, 0.3) is 5.57 Å². The van der Waals surface area contributed by atoms with Crippen molar-refractivity contribution < 1.29 is 19.8 Å². The van der Waals surface area contributed by atoms with E-state index in [0.29, 0.717) is 30.4 Å². The van der Waals surface area contributed by atoms with Crippen molar-refractivity contribution >= 4 is 17.5 Å². The van der Waals surface area contributed by atoms with Gasteiger partial charge in [-0.05, 0) is 30.4 Å². The summed E-state index contributed by atoms with van der Waals surface area (Å²) in [5.74, 6) is -2.28. The monoisotopic (exact) mass is 246 g/mol. The maximum atomic E-state index is 11.2. The lowest BCUT2D eigenvalue weighted by Crippen LogP contribution is -2.21. The topological polar surface area (TPSA) is 74.6 Å². The van der Waals surface area contributed by atoms with Gasteiger partial charge in [-0.1, -0.05) is 30.3 Å². The molecule has 0 spiro atoms. The van der Waals surface area contributed by atoms with Gasteiger partial charge in [0, 0.05) is 5.57 Å². The Morgan fingerprint density at radius 3 is 2.33 bits per heavy atom. The van der Waals surface area contributed by atoms with Crippen molar-refractivity contribution in [3.63, 3.8) is 0 Å². The van der Waals surface area contributed by atoms with E-state index in [1.807, 2.05) is 30.3 Å². The largest absolute Gasteiger partial charge is 0.481 e. The Labute approximate surface area is 105 Å². The first kappa shape index (κ1) is 12.4. The van der Waals surface area contributed by atoms with E-state index in [9.17, 15) is 14.7 Å². The van der Waals surface area contributed by atoms with E-state index in [0.717, 1.165) is 5.56 Å². The van der Waals surface area contributed by atoms with Crippen molar-refractivity contribution in [3.05, 3.63) is 41.5 Å². The third-order valence-electron chi connectivity index (χ3n) is 3.29. The SMILES string of the molecule is O=C(O)C1=C(c2ccccc2)CC(C(=O)O)CC1. The highest BCUT2D eigenvalue weighted by Gasteiger charge is 2.29. The molecule has 1 aliphatic carbocycles. The molecule has 2 N–H and O–H groups in total. The van der Waals surface area contributed by atoms with E-state index < -0.39 is 17.9 Å². The fourth-order valence-electron chi connectivity index (χ4n) is 2.32. The van der Waals surface area contributed by atoms with E-state index in [2.05, 4.69) is 0 Å². The van der Waals surface area contributed by atoms with E-state index in [4.69, 9.17) is 5.11 Å². The Bertz CT molecular complexity index is 502. The van der Waals surface area contributed by atoms with Gasteiger partial charge in [0.25, 0.3) is 0 Å². The van der Waals surface area contributed by atoms with Crippen LogP contribution in [0, 0.1) is 5.92 Å². The molecule has 0 amide bonds. The number of carboxylic acid groups (broad SMARTS) is 2. The van der Waals surface area contributed by atoms with Crippen LogP contribution >= 0.6 is 0 Å². The van der Waals surface area contributed by atoms with Gasteiger partial charge in [0.1, 0.15) is 0 Å². The van der Waals surface area contributed by atoms with Crippen molar-refractivity contribution in [1.29, 1.82) is 0 Å². The van der Waals surface area contributed by atoms with Crippen LogP contribution in [0.5, 0.6) is 0 Å². The molecule has 18 heavy (non-hydrogen) atoms. The van der Waals surface area contributed by atoms with Crippen LogP contribution in [-0.2, 0) is 9.59 Å². The summed E-state index contributed by atoms with van der Waals surface area (Å²) in [6, 6.07) is 9.14. The highest BCUT2D eigenvalue weighted by molar-refractivity contribution is 5.97. The molecule has 0 bridgehead atoms. The van der Waals surface area contributed by atoms with E-state index in [1.165, 1.54) is 0 Å². The first-order chi connectivity index (χ1) is 8.59. The fraction of sp³-hybridized carbons (Fsp3) is 0.286. The van der Waals surface area contributed by atoms with Crippen LogP contribution in [0.3, 0.4) is 0 Å². The van der Waals surface area contributed by atoms with Crippen LogP contribution < -0.4 is 0 Å². The van der Waals surface area contributed by atoms with E-state index >= 15 is 0 Å². The van der Waals surface area contributed by atoms with Gasteiger partial charge >= 0.3 is 11.9 Å². The second-order valence-electron chi connectivity index (χ2n) is 4.41. The van der Waals surface area contributed by atoms with Crippen molar-refractivity contribution in [2.75, 3.05) is 0 Å². The van der Waals surface area contributed by atoms with Gasteiger partial charge in [-0.2, -0.15) is 0 Å². The number of hydrogen-bond donors (Lipinski definition) is 2. The minimum atomic E-state index is -0.947. The molecule has 1 atom stereocenters. The molecule has 4 heteroatoms. The summed E-state index contributed by atoms with van der Waals surface area (Å²) < 4.78 is 0. The summed E-state index contributed by atoms with van der Waals surface area (Å²) in [6.45, 7) is 0. The lowest BCUT2D eigenvalue weighted by molar-refractivity contribution is -0.142. The Morgan fingerprint density at radius 2 is 1.78 bits per heavy atom. The van der Waals surface area contributed by atoms with Gasteiger partial charge in [0.05, 0.1) is 5.92 Å². The normalized spacial score (nSPS) is 19.7. The van der Waals surface area contributed by atoms with Crippen LogP contribution in [-0.4, -0.2) is 22.2 Å². The molecule has 4 nitrogen and oxygen atoms in total. The van der Waals surface area contributed by atoms with Crippen molar-refractivity contribution in [2.24, 2.45) is 5.92 Å². The standard InChI is InChI=1S/C14H14O4/c15-13(16)10-6-7-11(14(17)18)12(8-10)9-4-2-1-3-5-9/h1-5,10H,6-8H2,(H,15,16)(H,17,18). The van der Waals surface area contributed by atoms with Gasteiger partial charge in [-0.25, -0.2) is 4.79 Å². The molecule has 1 aromatic carbocycles. The summed E-state index contributed by atoms with van der Waals surface area (Å²) in [4.78, 5) is 22.2. The summed E-state index contributed by atoms with van der Waals surface area (Å²) in [6.07, 6.45) is 1.00. The highest BCUT2D eigenvalue weighted by atomic mass is 16.4. The van der Waals surface area contributed by atoms with Gasteiger partial charge < -0.3 is 10.2 Å². The molecule has 0 heterocycles. The summed E-state index contributed by atoms with van der Waals surface area (Å²) in [5, 5.41) is 18.2. The zero-order chi connectivity index (χ0) is 13.1. The van der Waals surface area contributed by atoms with Gasteiger partial charge in [0.15, 0.2) is 0 Å². The number of rotatable bonds is 3. The molecule has 0 fully saturated rings. The molecule has 1 aromatic rings. The molecular weight excluding hydrogens is 232 g/mol. The number of carbonyl (C=O) groups is 2. The molecule has 0 saturated heterocycles. The molecule has 94 valence electrons. The summed E-state index contributed by atoms with van der Waals surface area (Å²) >= 11 is 0. The molecule has 0 radical (unpaired) electrons. The maximum Gasteiger partial charge on any atom is 0.331 e. The molecule has 1 unspecified atom stereocenters. The number of aliphatic carboxylic acids is 2. The van der Waals surface area contributed by atoms with Crippen LogP contribution in [0.2, 0.25) is 0 Å². The molecule has 2 rings (SSSR count). The number of benzene rings is 1. The molecule has 1 aliphatic rings. The quantitative estimate of drug-likeness (QED) is 0.858. The Kier molecular flexibility index (Phi) is 3.46. The maximum absolute atomic E-state index is 11.2. The third kappa shape index (κ3) is 2.42. The smallest absolute Gasteiger partial charge is 0.331 e. The lowest BCUT2D eigenvalue weighted by atomic mass is 9.81. The molecular formula is C14H14O4. The predicted octanol–water partition coefficient (Wildman–Crippen LogP) is 2.41. The van der Waals surface area contributed by atoms with Crippen LogP contribution in [0.15, 0.2) is 35.9 Å². The minimum Gasteiger partial charge on any atom is -0.481 e. The summed E-state index contributed by atoms with van der Waals surface area (Å²) in [5.41, 5.74) is 1.81. The summed E-state index contributed by atoms with van der Waals surface area (Å²) in [7, 11) is 0. The third-order valence-corrected chi connectivity index (χ3v) is 3.29. The van der Waals surface area contributed by atoms with Gasteiger partial charge in [-0.15, -0.1) is 0 Å². The average molecular weight is 246 g/mol. The number of hydrogen-bond acceptors (Lipinski definition) is 2.